The number of benzene rings is 1. The van der Waals surface area contributed by atoms with E-state index in [0.29, 0.717) is 11.4 Å². The number of carboxylic acids is 1. The SMILES string of the molecule is Cc1ccc2c(c1)SC[C@@H](NC(=O)OC(C)(C)C)C(=O)N2CC(=O)O. The van der Waals surface area contributed by atoms with Gasteiger partial charge in [0.15, 0.2) is 0 Å². The summed E-state index contributed by atoms with van der Waals surface area (Å²) in [6.45, 7) is 6.64. The molecule has 2 amide bonds. The topological polar surface area (TPSA) is 95.9 Å². The third kappa shape index (κ3) is 5.12. The molecule has 0 bridgehead atoms. The third-order valence-electron chi connectivity index (χ3n) is 3.36. The molecule has 1 aromatic carbocycles. The van der Waals surface area contributed by atoms with Gasteiger partial charge in [-0.25, -0.2) is 4.79 Å². The Labute approximate surface area is 150 Å². The second kappa shape index (κ2) is 7.35. The average molecular weight is 366 g/mol. The van der Waals surface area contributed by atoms with Gasteiger partial charge >= 0.3 is 12.1 Å². The van der Waals surface area contributed by atoms with Crippen LogP contribution < -0.4 is 10.2 Å². The molecule has 1 aliphatic rings. The second-order valence-corrected chi connectivity index (χ2v) is 7.86. The number of nitrogens with zero attached hydrogens (tertiary/aromatic N) is 1. The van der Waals surface area contributed by atoms with E-state index in [1.165, 1.54) is 16.7 Å². The van der Waals surface area contributed by atoms with Crippen molar-refractivity contribution in [3.05, 3.63) is 23.8 Å². The number of alkyl carbamates (subject to hydrolysis) is 1. The Hall–Kier alpha value is -2.22. The van der Waals surface area contributed by atoms with Crippen molar-refractivity contribution < 1.29 is 24.2 Å². The molecule has 7 nitrogen and oxygen atoms in total. The molecule has 1 aromatic rings. The molecule has 8 heteroatoms. The zero-order valence-corrected chi connectivity index (χ0v) is 15.5. The smallest absolute Gasteiger partial charge is 0.408 e. The molecule has 136 valence electrons. The molecular weight excluding hydrogens is 344 g/mol. The number of anilines is 1. The van der Waals surface area contributed by atoms with Crippen molar-refractivity contribution in [1.82, 2.24) is 5.32 Å². The monoisotopic (exact) mass is 366 g/mol. The molecule has 2 N–H and O–H groups in total. The Morgan fingerprint density at radius 2 is 2.08 bits per heavy atom. The largest absolute Gasteiger partial charge is 0.480 e. The van der Waals surface area contributed by atoms with E-state index in [0.717, 1.165) is 10.5 Å². The van der Waals surface area contributed by atoms with Crippen molar-refractivity contribution in [1.29, 1.82) is 0 Å². The van der Waals surface area contributed by atoms with Gasteiger partial charge in [0.25, 0.3) is 5.91 Å². The Balaban J connectivity index is 2.27. The normalized spacial score (nSPS) is 17.5. The van der Waals surface area contributed by atoms with Crippen molar-refractivity contribution in [3.8, 4) is 0 Å². The maximum atomic E-state index is 12.8. The molecule has 0 saturated carbocycles. The van der Waals surface area contributed by atoms with Crippen LogP contribution in [-0.4, -0.2) is 47.0 Å². The zero-order chi connectivity index (χ0) is 18.8. The first kappa shape index (κ1) is 19.1. The maximum absolute atomic E-state index is 12.8. The van der Waals surface area contributed by atoms with Crippen molar-refractivity contribution >= 4 is 35.4 Å². The number of rotatable bonds is 3. The number of ether oxygens (including phenoxy) is 1. The van der Waals surface area contributed by atoms with Gasteiger partial charge in [0.05, 0.1) is 5.69 Å². The number of fused-ring (bicyclic) bond motifs is 1. The fourth-order valence-electron chi connectivity index (χ4n) is 2.36. The van der Waals surface area contributed by atoms with Gasteiger partial charge < -0.3 is 15.2 Å². The molecule has 25 heavy (non-hydrogen) atoms. The highest BCUT2D eigenvalue weighted by Crippen LogP contribution is 2.35. The predicted molar refractivity (Wildman–Crippen MR) is 95.0 cm³/mol. The van der Waals surface area contributed by atoms with Gasteiger partial charge in [-0.2, -0.15) is 0 Å². The molecule has 0 radical (unpaired) electrons. The molecule has 0 unspecified atom stereocenters. The van der Waals surface area contributed by atoms with Gasteiger partial charge in [0.1, 0.15) is 18.2 Å². The van der Waals surface area contributed by atoms with E-state index in [4.69, 9.17) is 9.84 Å². The van der Waals surface area contributed by atoms with Crippen LogP contribution in [0.15, 0.2) is 23.1 Å². The highest BCUT2D eigenvalue weighted by molar-refractivity contribution is 7.99. The number of carboxylic acid groups (broad SMARTS) is 1. The number of thioether (sulfide) groups is 1. The highest BCUT2D eigenvalue weighted by Gasteiger charge is 2.34. The molecule has 1 atom stereocenters. The molecule has 2 rings (SSSR count). The fourth-order valence-corrected chi connectivity index (χ4v) is 3.53. The summed E-state index contributed by atoms with van der Waals surface area (Å²) in [7, 11) is 0. The van der Waals surface area contributed by atoms with E-state index in [1.54, 1.807) is 26.8 Å². The van der Waals surface area contributed by atoms with E-state index in [2.05, 4.69) is 5.32 Å². The molecule has 0 spiro atoms. The molecule has 0 aromatic heterocycles. The first-order valence-corrected chi connectivity index (χ1v) is 8.81. The van der Waals surface area contributed by atoms with Crippen LogP contribution in [0.2, 0.25) is 0 Å². The van der Waals surface area contributed by atoms with E-state index < -0.39 is 36.2 Å². The molecule has 0 saturated heterocycles. The number of carbonyl (C=O) groups is 3. The van der Waals surface area contributed by atoms with Gasteiger partial charge in [-0.15, -0.1) is 11.8 Å². The maximum Gasteiger partial charge on any atom is 0.408 e. The van der Waals surface area contributed by atoms with E-state index in [1.807, 2.05) is 19.1 Å². The summed E-state index contributed by atoms with van der Waals surface area (Å²) in [5.74, 6) is -1.30. The summed E-state index contributed by atoms with van der Waals surface area (Å²) in [6, 6.07) is 4.59. The number of aryl methyl sites for hydroxylation is 1. The highest BCUT2D eigenvalue weighted by atomic mass is 32.2. The Morgan fingerprint density at radius 1 is 1.40 bits per heavy atom. The van der Waals surface area contributed by atoms with E-state index in [9.17, 15) is 14.4 Å². The van der Waals surface area contributed by atoms with Gasteiger partial charge in [-0.05, 0) is 45.4 Å². The standard InChI is InChI=1S/C17H22N2O5S/c1-10-5-6-12-13(7-10)25-9-11(15(22)19(12)8-14(20)21)18-16(23)24-17(2,3)4/h5-7,11H,8-9H2,1-4H3,(H,18,23)(H,20,21)/t11-/m1/s1. The minimum atomic E-state index is -1.12. The van der Waals surface area contributed by atoms with Gasteiger partial charge in [0, 0.05) is 10.6 Å². The summed E-state index contributed by atoms with van der Waals surface area (Å²) in [4.78, 5) is 38.0. The zero-order valence-electron chi connectivity index (χ0n) is 14.7. The van der Waals surface area contributed by atoms with Crippen molar-refractivity contribution in [2.75, 3.05) is 17.2 Å². The van der Waals surface area contributed by atoms with Crippen molar-refractivity contribution in [2.45, 2.75) is 44.2 Å². The number of hydrogen-bond acceptors (Lipinski definition) is 5. The molecule has 1 aliphatic heterocycles. The minimum Gasteiger partial charge on any atom is -0.480 e. The fraction of sp³-hybridized carbons (Fsp3) is 0.471. The molecule has 0 aliphatic carbocycles. The second-order valence-electron chi connectivity index (χ2n) is 6.80. The van der Waals surface area contributed by atoms with Crippen LogP contribution in [0, 0.1) is 6.92 Å². The number of aliphatic carboxylic acids is 1. The number of nitrogens with one attached hydrogen (secondary N) is 1. The first-order chi connectivity index (χ1) is 11.6. The van der Waals surface area contributed by atoms with E-state index in [-0.39, 0.29) is 0 Å². The minimum absolute atomic E-state index is 0.296. The summed E-state index contributed by atoms with van der Waals surface area (Å²) in [5.41, 5.74) is 0.857. The molecule has 0 fully saturated rings. The Bertz CT molecular complexity index is 699. The lowest BCUT2D eigenvalue weighted by atomic mass is 10.2. The Kier molecular flexibility index (Phi) is 5.62. The third-order valence-corrected chi connectivity index (χ3v) is 4.50. The average Bonchev–Trinajstić information content (AvgIpc) is 2.57. The van der Waals surface area contributed by atoms with Crippen LogP contribution in [0.4, 0.5) is 10.5 Å². The summed E-state index contributed by atoms with van der Waals surface area (Å²) in [6.07, 6.45) is -0.705. The molecule has 1 heterocycles. The first-order valence-electron chi connectivity index (χ1n) is 7.83. The molecular formula is C17H22N2O5S. The van der Waals surface area contributed by atoms with Crippen molar-refractivity contribution in [3.63, 3.8) is 0 Å². The van der Waals surface area contributed by atoms with Gasteiger partial charge in [0.2, 0.25) is 0 Å². The number of amides is 2. The number of hydrogen-bond donors (Lipinski definition) is 2. The van der Waals surface area contributed by atoms with Crippen LogP contribution in [0.3, 0.4) is 0 Å². The Morgan fingerprint density at radius 3 is 2.68 bits per heavy atom. The number of carbonyl (C=O) groups excluding carboxylic acids is 2. The lowest BCUT2D eigenvalue weighted by molar-refractivity contribution is -0.136. The van der Waals surface area contributed by atoms with Crippen LogP contribution >= 0.6 is 11.8 Å². The van der Waals surface area contributed by atoms with Gasteiger partial charge in [-0.3, -0.25) is 14.5 Å². The summed E-state index contributed by atoms with van der Waals surface area (Å²) in [5, 5.41) is 11.7. The van der Waals surface area contributed by atoms with Crippen LogP contribution in [-0.2, 0) is 14.3 Å². The summed E-state index contributed by atoms with van der Waals surface area (Å²) >= 11 is 1.40. The lowest BCUT2D eigenvalue weighted by Gasteiger charge is -2.25. The van der Waals surface area contributed by atoms with Crippen LogP contribution in [0.25, 0.3) is 0 Å². The van der Waals surface area contributed by atoms with Gasteiger partial charge in [-0.1, -0.05) is 6.07 Å². The van der Waals surface area contributed by atoms with Crippen LogP contribution in [0.5, 0.6) is 0 Å². The van der Waals surface area contributed by atoms with E-state index >= 15 is 0 Å². The van der Waals surface area contributed by atoms with Crippen LogP contribution in [0.1, 0.15) is 26.3 Å². The van der Waals surface area contributed by atoms with Crippen molar-refractivity contribution in [2.24, 2.45) is 0 Å². The summed E-state index contributed by atoms with van der Waals surface area (Å²) < 4.78 is 5.20. The predicted octanol–water partition coefficient (Wildman–Crippen LogP) is 2.41. The quantitative estimate of drug-likeness (QED) is 0.853. The lowest BCUT2D eigenvalue weighted by Crippen LogP contribution is -2.51.